The Morgan fingerprint density at radius 2 is 1.69 bits per heavy atom. The Labute approximate surface area is 102 Å². The van der Waals surface area contributed by atoms with Gasteiger partial charge in [-0.3, -0.25) is 4.90 Å². The van der Waals surface area contributed by atoms with Crippen LogP contribution in [0.3, 0.4) is 0 Å². The Morgan fingerprint density at radius 3 is 2.06 bits per heavy atom. The van der Waals surface area contributed by atoms with E-state index in [4.69, 9.17) is 5.73 Å². The van der Waals surface area contributed by atoms with Gasteiger partial charge in [0.25, 0.3) is 0 Å². The molecule has 16 heavy (non-hydrogen) atoms. The van der Waals surface area contributed by atoms with E-state index < -0.39 is 0 Å². The molecular formula is C13H31N3. The van der Waals surface area contributed by atoms with Crippen molar-refractivity contribution in [2.24, 2.45) is 5.73 Å². The van der Waals surface area contributed by atoms with Crippen LogP contribution in [-0.4, -0.2) is 55.6 Å². The van der Waals surface area contributed by atoms with Crippen LogP contribution in [0.2, 0.25) is 0 Å². The standard InChI is InChI=1S/C13H31N3/c1-6-9-16(11-8-10-15(4)5)13(3,7-2)12-14/h6-12,14H2,1-5H3. The van der Waals surface area contributed by atoms with Crippen molar-refractivity contribution in [1.29, 1.82) is 0 Å². The predicted molar refractivity (Wildman–Crippen MR) is 72.8 cm³/mol. The minimum atomic E-state index is 0.183. The van der Waals surface area contributed by atoms with Crippen LogP contribution in [0.25, 0.3) is 0 Å². The molecule has 2 N–H and O–H groups in total. The maximum Gasteiger partial charge on any atom is 0.0300 e. The molecule has 3 heteroatoms. The average molecular weight is 229 g/mol. The number of hydrogen-bond donors (Lipinski definition) is 1. The summed E-state index contributed by atoms with van der Waals surface area (Å²) in [6.45, 7) is 11.0. The summed E-state index contributed by atoms with van der Waals surface area (Å²) in [6, 6.07) is 0. The molecule has 0 amide bonds. The smallest absolute Gasteiger partial charge is 0.0300 e. The predicted octanol–water partition coefficient (Wildman–Crippen LogP) is 1.78. The van der Waals surface area contributed by atoms with Gasteiger partial charge >= 0.3 is 0 Å². The van der Waals surface area contributed by atoms with E-state index in [0.717, 1.165) is 32.6 Å². The van der Waals surface area contributed by atoms with E-state index in [1.54, 1.807) is 0 Å². The highest BCUT2D eigenvalue weighted by Crippen LogP contribution is 2.18. The molecule has 98 valence electrons. The van der Waals surface area contributed by atoms with Crippen molar-refractivity contribution < 1.29 is 0 Å². The molecule has 0 saturated heterocycles. The molecule has 0 fully saturated rings. The second kappa shape index (κ2) is 8.04. The highest BCUT2D eigenvalue weighted by atomic mass is 15.2. The Morgan fingerprint density at radius 1 is 1.06 bits per heavy atom. The SMILES string of the molecule is CCCN(CCCN(C)C)C(C)(CC)CN. The molecule has 0 heterocycles. The Balaban J connectivity index is 4.24. The highest BCUT2D eigenvalue weighted by molar-refractivity contribution is 4.85. The second-order valence-electron chi connectivity index (χ2n) is 5.20. The van der Waals surface area contributed by atoms with Gasteiger partial charge in [-0.1, -0.05) is 13.8 Å². The fourth-order valence-corrected chi connectivity index (χ4v) is 2.00. The number of nitrogens with zero attached hydrogens (tertiary/aromatic N) is 2. The first-order chi connectivity index (χ1) is 7.50. The first-order valence-electron chi connectivity index (χ1n) is 6.60. The maximum atomic E-state index is 5.93. The third kappa shape index (κ3) is 5.28. The normalized spacial score (nSPS) is 15.8. The van der Waals surface area contributed by atoms with Gasteiger partial charge in [-0.05, 0) is 59.9 Å². The van der Waals surface area contributed by atoms with Crippen LogP contribution in [-0.2, 0) is 0 Å². The summed E-state index contributed by atoms with van der Waals surface area (Å²) in [5, 5.41) is 0. The summed E-state index contributed by atoms with van der Waals surface area (Å²) in [4.78, 5) is 4.81. The van der Waals surface area contributed by atoms with Crippen molar-refractivity contribution in [3.63, 3.8) is 0 Å². The van der Waals surface area contributed by atoms with Gasteiger partial charge in [-0.2, -0.15) is 0 Å². The summed E-state index contributed by atoms with van der Waals surface area (Å²) in [5.74, 6) is 0. The average Bonchev–Trinajstić information content (AvgIpc) is 2.26. The zero-order valence-corrected chi connectivity index (χ0v) is 11.9. The molecule has 0 aliphatic rings. The molecule has 0 rings (SSSR count). The van der Waals surface area contributed by atoms with Gasteiger partial charge in [0, 0.05) is 12.1 Å². The quantitative estimate of drug-likeness (QED) is 0.654. The summed E-state index contributed by atoms with van der Waals surface area (Å²) in [7, 11) is 4.26. The van der Waals surface area contributed by atoms with Crippen molar-refractivity contribution in [3.8, 4) is 0 Å². The molecule has 0 aromatic heterocycles. The van der Waals surface area contributed by atoms with Crippen LogP contribution in [0.4, 0.5) is 0 Å². The lowest BCUT2D eigenvalue weighted by Gasteiger charge is -2.40. The second-order valence-corrected chi connectivity index (χ2v) is 5.20. The summed E-state index contributed by atoms with van der Waals surface area (Å²) < 4.78 is 0. The molecule has 0 aromatic rings. The van der Waals surface area contributed by atoms with E-state index in [2.05, 4.69) is 44.7 Å². The summed E-state index contributed by atoms with van der Waals surface area (Å²) in [6.07, 6.45) is 3.56. The van der Waals surface area contributed by atoms with E-state index in [1.807, 2.05) is 0 Å². The lowest BCUT2D eigenvalue weighted by atomic mass is 9.96. The van der Waals surface area contributed by atoms with Crippen LogP contribution >= 0.6 is 0 Å². The lowest BCUT2D eigenvalue weighted by Crippen LogP contribution is -2.52. The van der Waals surface area contributed by atoms with Crippen LogP contribution in [0.5, 0.6) is 0 Å². The lowest BCUT2D eigenvalue weighted by molar-refractivity contribution is 0.101. The first kappa shape index (κ1) is 15.9. The summed E-state index contributed by atoms with van der Waals surface area (Å²) >= 11 is 0. The van der Waals surface area contributed by atoms with Crippen LogP contribution < -0.4 is 5.73 Å². The number of nitrogens with two attached hydrogens (primary N) is 1. The topological polar surface area (TPSA) is 32.5 Å². The van der Waals surface area contributed by atoms with Crippen molar-refractivity contribution in [2.45, 2.75) is 45.6 Å². The third-order valence-electron chi connectivity index (χ3n) is 3.49. The Hall–Kier alpha value is -0.120. The molecule has 0 aliphatic heterocycles. The minimum Gasteiger partial charge on any atom is -0.329 e. The van der Waals surface area contributed by atoms with E-state index >= 15 is 0 Å². The molecule has 0 aromatic carbocycles. The third-order valence-corrected chi connectivity index (χ3v) is 3.49. The van der Waals surface area contributed by atoms with Crippen LogP contribution in [0.15, 0.2) is 0 Å². The molecule has 0 aliphatic carbocycles. The van der Waals surface area contributed by atoms with Crippen molar-refractivity contribution in [2.75, 3.05) is 40.3 Å². The maximum absolute atomic E-state index is 5.93. The summed E-state index contributed by atoms with van der Waals surface area (Å²) in [5.41, 5.74) is 6.11. The van der Waals surface area contributed by atoms with E-state index in [1.165, 1.54) is 12.8 Å². The van der Waals surface area contributed by atoms with Crippen molar-refractivity contribution in [3.05, 3.63) is 0 Å². The number of rotatable bonds is 9. The van der Waals surface area contributed by atoms with Gasteiger partial charge in [-0.25, -0.2) is 0 Å². The van der Waals surface area contributed by atoms with Gasteiger partial charge in [0.1, 0.15) is 0 Å². The van der Waals surface area contributed by atoms with Crippen molar-refractivity contribution in [1.82, 2.24) is 9.80 Å². The number of hydrogen-bond acceptors (Lipinski definition) is 3. The molecule has 1 atom stereocenters. The molecule has 1 unspecified atom stereocenters. The molecular weight excluding hydrogens is 198 g/mol. The zero-order chi connectivity index (χ0) is 12.6. The largest absolute Gasteiger partial charge is 0.329 e. The fourth-order valence-electron chi connectivity index (χ4n) is 2.00. The molecule has 0 saturated carbocycles. The van der Waals surface area contributed by atoms with Gasteiger partial charge in [-0.15, -0.1) is 0 Å². The van der Waals surface area contributed by atoms with Gasteiger partial charge < -0.3 is 10.6 Å². The molecule has 0 radical (unpaired) electrons. The van der Waals surface area contributed by atoms with Gasteiger partial charge in [0.15, 0.2) is 0 Å². The Kier molecular flexibility index (Phi) is 7.98. The molecule has 0 bridgehead atoms. The monoisotopic (exact) mass is 229 g/mol. The van der Waals surface area contributed by atoms with Crippen LogP contribution in [0, 0.1) is 0 Å². The first-order valence-corrected chi connectivity index (χ1v) is 6.60. The Bertz CT molecular complexity index is 165. The van der Waals surface area contributed by atoms with E-state index in [0.29, 0.717) is 0 Å². The fraction of sp³-hybridized carbons (Fsp3) is 1.00. The zero-order valence-electron chi connectivity index (χ0n) is 11.9. The molecule has 3 nitrogen and oxygen atoms in total. The highest BCUT2D eigenvalue weighted by Gasteiger charge is 2.27. The van der Waals surface area contributed by atoms with Crippen molar-refractivity contribution >= 4 is 0 Å². The minimum absolute atomic E-state index is 0.183. The van der Waals surface area contributed by atoms with E-state index in [9.17, 15) is 0 Å². The van der Waals surface area contributed by atoms with Gasteiger partial charge in [0.05, 0.1) is 0 Å². The molecule has 0 spiro atoms. The van der Waals surface area contributed by atoms with E-state index in [-0.39, 0.29) is 5.54 Å². The van der Waals surface area contributed by atoms with Crippen LogP contribution in [0.1, 0.15) is 40.0 Å². The van der Waals surface area contributed by atoms with Gasteiger partial charge in [0.2, 0.25) is 0 Å².